The zero-order valence-corrected chi connectivity index (χ0v) is 23.1. The number of hydrogen-bond acceptors (Lipinski definition) is 6. The zero-order valence-electron chi connectivity index (χ0n) is 21.5. The van der Waals surface area contributed by atoms with Gasteiger partial charge in [-0.15, -0.1) is 0 Å². The molecule has 2 aromatic carbocycles. The van der Waals surface area contributed by atoms with Crippen LogP contribution in [0.3, 0.4) is 0 Å². The number of anilines is 1. The zero-order chi connectivity index (χ0) is 27.4. The van der Waals surface area contributed by atoms with Gasteiger partial charge in [0.2, 0.25) is 0 Å². The first-order valence-corrected chi connectivity index (χ1v) is 14.7. The summed E-state index contributed by atoms with van der Waals surface area (Å²) in [7, 11) is -4.10. The molecule has 4 rings (SSSR count). The van der Waals surface area contributed by atoms with Crippen molar-refractivity contribution in [1.82, 2.24) is 9.21 Å². The number of urea groups is 1. The van der Waals surface area contributed by atoms with E-state index in [1.165, 1.54) is 18.2 Å². The molecular weight excluding hydrogens is 530 g/mol. The molecule has 0 unspecified atom stereocenters. The van der Waals surface area contributed by atoms with Gasteiger partial charge in [0.15, 0.2) is 0 Å². The third kappa shape index (κ3) is 5.81. The molecule has 38 heavy (non-hydrogen) atoms. The van der Waals surface area contributed by atoms with Crippen LogP contribution in [0.25, 0.3) is 0 Å². The Balaban J connectivity index is 1.45. The molecule has 0 spiro atoms. The maximum atomic E-state index is 13.4. The number of fused-ring (bicyclic) bond motifs is 1. The Bertz CT molecular complexity index is 1310. The van der Waals surface area contributed by atoms with Crippen LogP contribution in [-0.4, -0.2) is 54.7 Å². The topological polar surface area (TPSA) is 113 Å². The fraction of sp³-hybridized carbons (Fsp3) is 0.444. The summed E-state index contributed by atoms with van der Waals surface area (Å²) in [5.74, 6) is -0.383. The molecule has 204 valence electrons. The summed E-state index contributed by atoms with van der Waals surface area (Å²) in [4.78, 5) is 39.9. The van der Waals surface area contributed by atoms with Crippen molar-refractivity contribution in [3.8, 4) is 0 Å². The summed E-state index contributed by atoms with van der Waals surface area (Å²) in [6.45, 7) is 4.59. The molecule has 1 aliphatic heterocycles. The first kappa shape index (κ1) is 27.9. The number of carbonyl (C=O) groups is 3. The summed E-state index contributed by atoms with van der Waals surface area (Å²) in [5, 5.41) is 2.83. The van der Waals surface area contributed by atoms with E-state index in [4.69, 9.17) is 16.3 Å². The predicted octanol–water partition coefficient (Wildman–Crippen LogP) is 5.05. The Kier molecular flexibility index (Phi) is 8.62. The lowest BCUT2D eigenvalue weighted by Crippen LogP contribution is -2.44. The van der Waals surface area contributed by atoms with Crippen molar-refractivity contribution in [1.29, 1.82) is 0 Å². The van der Waals surface area contributed by atoms with Crippen molar-refractivity contribution in [3.05, 3.63) is 58.6 Å². The average Bonchev–Trinajstić information content (AvgIpc) is 2.90. The highest BCUT2D eigenvalue weighted by Gasteiger charge is 2.37. The van der Waals surface area contributed by atoms with Crippen LogP contribution in [0.15, 0.2) is 47.4 Å². The second-order valence-corrected chi connectivity index (χ2v) is 11.8. The largest absolute Gasteiger partial charge is 0.466 e. The quantitative estimate of drug-likeness (QED) is 0.451. The van der Waals surface area contributed by atoms with Crippen molar-refractivity contribution in [2.75, 3.05) is 18.5 Å². The van der Waals surface area contributed by atoms with Crippen LogP contribution in [0.5, 0.6) is 0 Å². The van der Waals surface area contributed by atoms with Gasteiger partial charge in [0.05, 0.1) is 24.8 Å². The molecule has 1 N–H and O–H groups in total. The molecule has 0 saturated heterocycles. The van der Waals surface area contributed by atoms with Gasteiger partial charge in [-0.3, -0.25) is 9.59 Å². The van der Waals surface area contributed by atoms with E-state index in [0.29, 0.717) is 37.1 Å². The Morgan fingerprint density at radius 3 is 2.39 bits per heavy atom. The van der Waals surface area contributed by atoms with Crippen molar-refractivity contribution in [2.24, 2.45) is 5.92 Å². The van der Waals surface area contributed by atoms with Crippen LogP contribution in [-0.2, 0) is 26.1 Å². The highest BCUT2D eigenvalue weighted by molar-refractivity contribution is 7.90. The van der Waals surface area contributed by atoms with Gasteiger partial charge in [-0.2, -0.15) is 0 Å². The van der Waals surface area contributed by atoms with E-state index in [0.717, 1.165) is 23.6 Å². The highest BCUT2D eigenvalue weighted by Crippen LogP contribution is 2.33. The molecule has 0 atom stereocenters. The molecule has 11 heteroatoms. The van der Waals surface area contributed by atoms with E-state index in [9.17, 15) is 22.8 Å². The minimum atomic E-state index is -4.10. The molecule has 1 heterocycles. The third-order valence-electron chi connectivity index (χ3n) is 6.99. The van der Waals surface area contributed by atoms with Gasteiger partial charge in [0.25, 0.3) is 15.9 Å². The molecule has 0 bridgehead atoms. The number of esters is 1. The third-order valence-corrected chi connectivity index (χ3v) is 8.99. The van der Waals surface area contributed by atoms with Crippen LogP contribution in [0.2, 0.25) is 5.02 Å². The number of rotatable bonds is 8. The summed E-state index contributed by atoms with van der Waals surface area (Å²) >= 11 is 5.98. The smallest absolute Gasteiger partial charge is 0.336 e. The number of ether oxygens (including phenoxy) is 1. The standard InChI is InChI=1S/C27H32ClN3O6S/c1-3-15-30(22-12-9-20(10-13-22)26(33)37-4-2)25(32)19-7-5-18(6-8-19)17-31-27(34)29-23-14-11-21(28)16-24(23)38(31,35)36/h5-8,11,14,16,20,22H,3-4,9-10,12-13,15,17H2,1-2H3,(H,29,34). The maximum Gasteiger partial charge on any atom is 0.336 e. The van der Waals surface area contributed by atoms with Gasteiger partial charge < -0.3 is 15.0 Å². The molecule has 2 aliphatic rings. The lowest BCUT2D eigenvalue weighted by molar-refractivity contribution is -0.149. The van der Waals surface area contributed by atoms with Gasteiger partial charge in [-0.25, -0.2) is 17.5 Å². The molecule has 0 aromatic heterocycles. The Labute approximate surface area is 228 Å². The number of benzene rings is 2. The minimum absolute atomic E-state index is 0.0434. The lowest BCUT2D eigenvalue weighted by Gasteiger charge is -2.36. The van der Waals surface area contributed by atoms with Gasteiger partial charge >= 0.3 is 12.0 Å². The minimum Gasteiger partial charge on any atom is -0.466 e. The van der Waals surface area contributed by atoms with Crippen LogP contribution in [0, 0.1) is 5.92 Å². The molecule has 1 aliphatic carbocycles. The monoisotopic (exact) mass is 561 g/mol. The molecule has 3 amide bonds. The second-order valence-electron chi connectivity index (χ2n) is 9.54. The molecule has 9 nitrogen and oxygen atoms in total. The van der Waals surface area contributed by atoms with E-state index in [1.807, 2.05) is 11.8 Å². The number of hydrogen-bond donors (Lipinski definition) is 1. The number of sulfonamides is 1. The van der Waals surface area contributed by atoms with Gasteiger partial charge in [-0.05, 0) is 74.9 Å². The fourth-order valence-electron chi connectivity index (χ4n) is 5.03. The highest BCUT2D eigenvalue weighted by atomic mass is 35.5. The van der Waals surface area contributed by atoms with Crippen LogP contribution in [0.4, 0.5) is 10.5 Å². The van der Waals surface area contributed by atoms with Gasteiger partial charge in [0, 0.05) is 23.2 Å². The van der Waals surface area contributed by atoms with Gasteiger partial charge in [0.1, 0.15) is 4.90 Å². The predicted molar refractivity (Wildman–Crippen MR) is 143 cm³/mol. The Morgan fingerprint density at radius 2 is 1.76 bits per heavy atom. The van der Waals surface area contributed by atoms with E-state index < -0.39 is 16.1 Å². The first-order valence-electron chi connectivity index (χ1n) is 12.9. The summed E-state index contributed by atoms with van der Waals surface area (Å²) in [6, 6.07) is 10.2. The molecule has 0 radical (unpaired) electrons. The maximum absolute atomic E-state index is 13.4. The average molecular weight is 562 g/mol. The van der Waals surface area contributed by atoms with Crippen molar-refractivity contribution >= 4 is 45.2 Å². The van der Waals surface area contributed by atoms with Crippen LogP contribution in [0.1, 0.15) is 61.9 Å². The summed E-state index contributed by atoms with van der Waals surface area (Å²) in [6.07, 6.45) is 3.66. The fourth-order valence-corrected chi connectivity index (χ4v) is 6.76. The van der Waals surface area contributed by atoms with E-state index in [2.05, 4.69) is 5.32 Å². The van der Waals surface area contributed by atoms with Crippen molar-refractivity contribution < 1.29 is 27.5 Å². The van der Waals surface area contributed by atoms with Crippen molar-refractivity contribution in [2.45, 2.75) is 63.4 Å². The van der Waals surface area contributed by atoms with E-state index in [1.54, 1.807) is 31.2 Å². The Hall–Kier alpha value is -3.11. The van der Waals surface area contributed by atoms with E-state index >= 15 is 0 Å². The first-order chi connectivity index (χ1) is 18.1. The number of amides is 3. The number of halogens is 1. The molecule has 1 fully saturated rings. The SMILES string of the molecule is CCCN(C(=O)c1ccc(CN2C(=O)Nc3ccc(Cl)cc3S2(=O)=O)cc1)C1CCC(C(=O)OCC)CC1. The normalized spacial score (nSPS) is 20.3. The number of carbonyl (C=O) groups excluding carboxylic acids is 3. The van der Waals surface area contributed by atoms with Crippen LogP contribution < -0.4 is 5.32 Å². The molecular formula is C27H32ClN3O6S. The summed E-state index contributed by atoms with van der Waals surface area (Å²) < 4.78 is 32.1. The lowest BCUT2D eigenvalue weighted by atomic mass is 9.85. The van der Waals surface area contributed by atoms with Gasteiger partial charge in [-0.1, -0.05) is 30.7 Å². The molecule has 2 aromatic rings. The van der Waals surface area contributed by atoms with Crippen LogP contribution >= 0.6 is 11.6 Å². The van der Waals surface area contributed by atoms with E-state index in [-0.39, 0.29) is 46.0 Å². The summed E-state index contributed by atoms with van der Waals surface area (Å²) in [5.41, 5.74) is 1.23. The number of nitrogens with one attached hydrogen (secondary N) is 1. The van der Waals surface area contributed by atoms with Crippen molar-refractivity contribution in [3.63, 3.8) is 0 Å². The second kappa shape index (κ2) is 11.7. The number of nitrogens with zero attached hydrogens (tertiary/aromatic N) is 2. The molecule has 1 saturated carbocycles. The Morgan fingerprint density at radius 1 is 1.08 bits per heavy atom.